The van der Waals surface area contributed by atoms with Crippen LogP contribution in [0.1, 0.15) is 18.5 Å². The number of aromatic nitrogens is 3. The Kier molecular flexibility index (Phi) is 4.54. The van der Waals surface area contributed by atoms with E-state index in [-0.39, 0.29) is 0 Å². The zero-order valence-electron chi connectivity index (χ0n) is 11.1. The van der Waals surface area contributed by atoms with Gasteiger partial charge in [-0.15, -0.1) is 10.2 Å². The van der Waals surface area contributed by atoms with Crippen molar-refractivity contribution in [3.63, 3.8) is 0 Å². The van der Waals surface area contributed by atoms with Crippen molar-refractivity contribution >= 4 is 5.96 Å². The van der Waals surface area contributed by atoms with Crippen LogP contribution in [0.15, 0.2) is 34.1 Å². The molecule has 0 aliphatic heterocycles. The maximum absolute atomic E-state index is 5.26. The minimum atomic E-state index is 0.476. The highest BCUT2D eigenvalue weighted by Crippen LogP contribution is 1.99. The van der Waals surface area contributed by atoms with Crippen LogP contribution in [0, 0.1) is 0 Å². The summed E-state index contributed by atoms with van der Waals surface area (Å²) in [6.07, 6.45) is 3.31. The van der Waals surface area contributed by atoms with E-state index in [1.165, 1.54) is 0 Å². The van der Waals surface area contributed by atoms with Gasteiger partial charge >= 0.3 is 0 Å². The van der Waals surface area contributed by atoms with Gasteiger partial charge in [-0.3, -0.25) is 0 Å². The third-order valence-electron chi connectivity index (χ3n) is 2.54. The summed E-state index contributed by atoms with van der Waals surface area (Å²) in [7, 11) is 1.90. The molecular weight excluding hydrogens is 244 g/mol. The number of hydrogen-bond donors (Lipinski definition) is 2. The molecule has 7 nitrogen and oxygen atoms in total. The summed E-state index contributed by atoms with van der Waals surface area (Å²) in [4.78, 5) is 4.45. The number of hydrogen-bond acceptors (Lipinski definition) is 4. The van der Waals surface area contributed by atoms with Crippen LogP contribution in [-0.2, 0) is 20.1 Å². The molecule has 2 aromatic heterocycles. The average Bonchev–Trinajstić information content (AvgIpc) is 3.04. The summed E-state index contributed by atoms with van der Waals surface area (Å²) in [6.45, 7) is 3.89. The highest BCUT2D eigenvalue weighted by Gasteiger charge is 2.02. The topological polar surface area (TPSA) is 80.3 Å². The van der Waals surface area contributed by atoms with E-state index in [2.05, 4.69) is 25.8 Å². The Bertz CT molecular complexity index is 516. The second-order valence-corrected chi connectivity index (χ2v) is 3.99. The van der Waals surface area contributed by atoms with E-state index in [1.54, 1.807) is 12.6 Å². The zero-order chi connectivity index (χ0) is 13.5. The van der Waals surface area contributed by atoms with Gasteiger partial charge in [0.05, 0.1) is 12.8 Å². The van der Waals surface area contributed by atoms with Crippen molar-refractivity contribution in [1.29, 1.82) is 0 Å². The number of nitrogens with zero attached hydrogens (tertiary/aromatic N) is 4. The quantitative estimate of drug-likeness (QED) is 0.611. The number of aliphatic imine (C=N–C) groups is 1. The molecule has 0 spiro atoms. The largest absolute Gasteiger partial charge is 0.467 e. The monoisotopic (exact) mass is 262 g/mol. The number of nitrogens with one attached hydrogen (secondary N) is 2. The van der Waals surface area contributed by atoms with Crippen LogP contribution in [0.4, 0.5) is 0 Å². The minimum absolute atomic E-state index is 0.476. The van der Waals surface area contributed by atoms with E-state index in [0.29, 0.717) is 13.1 Å². The van der Waals surface area contributed by atoms with E-state index >= 15 is 0 Å². The van der Waals surface area contributed by atoms with E-state index in [4.69, 9.17) is 4.42 Å². The Morgan fingerprint density at radius 3 is 3.00 bits per heavy atom. The van der Waals surface area contributed by atoms with Gasteiger partial charge in [0.1, 0.15) is 18.6 Å². The molecule has 102 valence electrons. The number of guanidine groups is 1. The highest BCUT2D eigenvalue weighted by molar-refractivity contribution is 5.79. The Morgan fingerprint density at radius 1 is 1.47 bits per heavy atom. The molecule has 2 heterocycles. The fourth-order valence-electron chi connectivity index (χ4n) is 1.53. The maximum Gasteiger partial charge on any atom is 0.192 e. The molecule has 0 aromatic carbocycles. The van der Waals surface area contributed by atoms with Crippen molar-refractivity contribution in [2.45, 2.75) is 20.0 Å². The van der Waals surface area contributed by atoms with Gasteiger partial charge in [0.15, 0.2) is 11.8 Å². The predicted octanol–water partition coefficient (Wildman–Crippen LogP) is 0.663. The first-order valence-corrected chi connectivity index (χ1v) is 6.17. The van der Waals surface area contributed by atoms with Gasteiger partial charge in [-0.1, -0.05) is 0 Å². The van der Waals surface area contributed by atoms with E-state index in [0.717, 1.165) is 24.1 Å². The second-order valence-electron chi connectivity index (χ2n) is 3.99. The van der Waals surface area contributed by atoms with Crippen molar-refractivity contribution in [2.24, 2.45) is 12.0 Å². The zero-order valence-corrected chi connectivity index (χ0v) is 11.1. The Morgan fingerprint density at radius 2 is 2.37 bits per heavy atom. The third kappa shape index (κ3) is 3.84. The summed E-state index contributed by atoms with van der Waals surface area (Å²) < 4.78 is 7.11. The molecule has 7 heteroatoms. The molecule has 2 rings (SSSR count). The lowest BCUT2D eigenvalue weighted by Crippen LogP contribution is -2.36. The van der Waals surface area contributed by atoms with Gasteiger partial charge in [-0.05, 0) is 19.1 Å². The first-order valence-electron chi connectivity index (χ1n) is 6.17. The smallest absolute Gasteiger partial charge is 0.192 e. The highest BCUT2D eigenvalue weighted by atomic mass is 16.3. The van der Waals surface area contributed by atoms with Crippen LogP contribution in [0.3, 0.4) is 0 Å². The standard InChI is InChI=1S/C12H18N6O/c1-3-13-12(14-7-10-5-4-6-19-10)15-8-11-17-16-9-18(11)2/h4-6,9H,3,7-8H2,1-2H3,(H2,13,14,15). The molecule has 0 radical (unpaired) electrons. The van der Waals surface area contributed by atoms with Gasteiger partial charge in [-0.2, -0.15) is 0 Å². The summed E-state index contributed by atoms with van der Waals surface area (Å²) in [6, 6.07) is 3.78. The van der Waals surface area contributed by atoms with Crippen LogP contribution in [0.5, 0.6) is 0 Å². The summed E-state index contributed by atoms with van der Waals surface area (Å²) in [5.74, 6) is 2.40. The van der Waals surface area contributed by atoms with Crippen molar-refractivity contribution < 1.29 is 4.42 Å². The Balaban J connectivity index is 1.93. The van der Waals surface area contributed by atoms with Gasteiger partial charge in [0.2, 0.25) is 0 Å². The van der Waals surface area contributed by atoms with Crippen LogP contribution in [-0.4, -0.2) is 27.3 Å². The average molecular weight is 262 g/mol. The summed E-state index contributed by atoms with van der Waals surface area (Å²) >= 11 is 0. The van der Waals surface area contributed by atoms with Crippen LogP contribution >= 0.6 is 0 Å². The number of aryl methyl sites for hydroxylation is 1. The van der Waals surface area contributed by atoms with Crippen LogP contribution < -0.4 is 10.6 Å². The number of rotatable bonds is 5. The molecule has 0 atom stereocenters. The van der Waals surface area contributed by atoms with Crippen molar-refractivity contribution in [1.82, 2.24) is 25.4 Å². The third-order valence-corrected chi connectivity index (χ3v) is 2.54. The molecule has 0 fully saturated rings. The molecule has 2 N–H and O–H groups in total. The molecule has 0 aliphatic rings. The van der Waals surface area contributed by atoms with Gasteiger partial charge in [0.25, 0.3) is 0 Å². The molecule has 0 bridgehead atoms. The molecular formula is C12H18N6O. The predicted molar refractivity (Wildman–Crippen MR) is 71.4 cm³/mol. The van der Waals surface area contributed by atoms with E-state index in [9.17, 15) is 0 Å². The lowest BCUT2D eigenvalue weighted by molar-refractivity contribution is 0.501. The van der Waals surface area contributed by atoms with Gasteiger partial charge in [-0.25, -0.2) is 4.99 Å². The normalized spacial score (nSPS) is 11.6. The summed E-state index contributed by atoms with van der Waals surface area (Å²) in [5.41, 5.74) is 0. The molecule has 2 aromatic rings. The van der Waals surface area contributed by atoms with Crippen molar-refractivity contribution in [2.75, 3.05) is 6.54 Å². The molecule has 0 saturated heterocycles. The van der Waals surface area contributed by atoms with Gasteiger partial charge in [0, 0.05) is 13.6 Å². The molecule has 0 aliphatic carbocycles. The van der Waals surface area contributed by atoms with E-state index in [1.807, 2.05) is 30.7 Å². The van der Waals surface area contributed by atoms with Crippen molar-refractivity contribution in [3.8, 4) is 0 Å². The lowest BCUT2D eigenvalue weighted by atomic mass is 10.4. The molecule has 0 amide bonds. The SMILES string of the molecule is CCNC(=NCc1nncn1C)NCc1ccco1. The van der Waals surface area contributed by atoms with Gasteiger partial charge < -0.3 is 19.6 Å². The van der Waals surface area contributed by atoms with E-state index < -0.39 is 0 Å². The molecule has 0 saturated carbocycles. The fraction of sp³-hybridized carbons (Fsp3) is 0.417. The maximum atomic E-state index is 5.26. The first kappa shape index (κ1) is 13.1. The molecule has 19 heavy (non-hydrogen) atoms. The fourth-order valence-corrected chi connectivity index (χ4v) is 1.53. The Labute approximate surface area is 111 Å². The second kappa shape index (κ2) is 6.58. The Hall–Kier alpha value is -2.31. The lowest BCUT2D eigenvalue weighted by Gasteiger charge is -2.09. The van der Waals surface area contributed by atoms with Crippen LogP contribution in [0.2, 0.25) is 0 Å². The summed E-state index contributed by atoms with van der Waals surface area (Å²) in [5, 5.41) is 14.2. The molecule has 0 unspecified atom stereocenters. The van der Waals surface area contributed by atoms with Crippen LogP contribution in [0.25, 0.3) is 0 Å². The first-order chi connectivity index (χ1) is 9.29. The van der Waals surface area contributed by atoms with Crippen molar-refractivity contribution in [3.05, 3.63) is 36.3 Å². The minimum Gasteiger partial charge on any atom is -0.467 e. The number of furan rings is 1.